The molecule has 8 heavy (non-hydrogen) atoms. The van der Waals surface area contributed by atoms with Crippen LogP contribution in [0.15, 0.2) is 6.33 Å². The second-order valence-corrected chi connectivity index (χ2v) is 1.27. The van der Waals surface area contributed by atoms with Gasteiger partial charge in [0.25, 0.3) is 0 Å². The number of nitrogens with two attached hydrogens (primary N) is 1. The summed E-state index contributed by atoms with van der Waals surface area (Å²) in [6.07, 6.45) is 1.38. The van der Waals surface area contributed by atoms with E-state index in [4.69, 9.17) is 11.0 Å². The highest BCUT2D eigenvalue weighted by molar-refractivity contribution is 5.42. The Bertz CT molecular complexity index is 218. The average Bonchev–Trinajstić information content (AvgIpc) is 2.14. The molecule has 0 saturated heterocycles. The molecule has 0 spiro atoms. The predicted molar refractivity (Wildman–Crippen MR) is 27.7 cm³/mol. The Morgan fingerprint density at radius 3 is 2.88 bits per heavy atom. The molecule has 4 heteroatoms. The molecule has 1 rings (SSSR count). The zero-order chi connectivity index (χ0) is 5.98. The smallest absolute Gasteiger partial charge is 0.161 e. The zero-order valence-electron chi connectivity index (χ0n) is 4.05. The molecule has 0 bridgehead atoms. The van der Waals surface area contributed by atoms with E-state index in [-0.39, 0.29) is 5.82 Å². The van der Waals surface area contributed by atoms with Gasteiger partial charge in [0, 0.05) is 0 Å². The summed E-state index contributed by atoms with van der Waals surface area (Å²) in [5, 5.41) is 8.21. The van der Waals surface area contributed by atoms with Gasteiger partial charge in [-0.25, -0.2) is 4.98 Å². The maximum absolute atomic E-state index is 8.21. The van der Waals surface area contributed by atoms with Crippen LogP contribution in [0, 0.1) is 11.3 Å². The number of aromatic amines is 1. The number of imidazole rings is 1. The van der Waals surface area contributed by atoms with Gasteiger partial charge in [-0.05, 0) is 0 Å². The van der Waals surface area contributed by atoms with Crippen molar-refractivity contribution in [1.82, 2.24) is 9.97 Å². The first-order chi connectivity index (χ1) is 3.84. The van der Waals surface area contributed by atoms with Crippen molar-refractivity contribution in [1.29, 1.82) is 5.26 Å². The van der Waals surface area contributed by atoms with Gasteiger partial charge in [0.15, 0.2) is 11.5 Å². The van der Waals surface area contributed by atoms with Crippen LogP contribution in [0.5, 0.6) is 0 Å². The Morgan fingerprint density at radius 2 is 2.62 bits per heavy atom. The third-order valence-electron chi connectivity index (χ3n) is 0.780. The lowest BCUT2D eigenvalue weighted by Crippen LogP contribution is -1.86. The lowest BCUT2D eigenvalue weighted by atomic mass is 10.6. The SMILES string of the molecule is N#[13C]c1[nH]cnc1N. The number of nitrogen functional groups attached to an aromatic ring is 1. The number of aromatic nitrogens is 2. The summed E-state index contributed by atoms with van der Waals surface area (Å²) >= 11 is 0. The van der Waals surface area contributed by atoms with Gasteiger partial charge >= 0.3 is 0 Å². The highest BCUT2D eigenvalue weighted by Gasteiger charge is 1.95. The van der Waals surface area contributed by atoms with Crippen molar-refractivity contribution in [3.8, 4) is 6.07 Å². The summed E-state index contributed by atoms with van der Waals surface area (Å²) in [6.45, 7) is 0. The summed E-state index contributed by atoms with van der Waals surface area (Å²) in [5.74, 6) is 0.257. The molecule has 3 N–H and O–H groups in total. The van der Waals surface area contributed by atoms with E-state index in [9.17, 15) is 0 Å². The summed E-state index contributed by atoms with van der Waals surface area (Å²) < 4.78 is 0. The van der Waals surface area contributed by atoms with Crippen LogP contribution in [0.1, 0.15) is 5.69 Å². The lowest BCUT2D eigenvalue weighted by molar-refractivity contribution is 1.29. The molecule has 0 aliphatic heterocycles. The summed E-state index contributed by atoms with van der Waals surface area (Å²) in [6, 6.07) is 1.83. The molecule has 0 unspecified atom stereocenters. The highest BCUT2D eigenvalue weighted by Crippen LogP contribution is 1.99. The van der Waals surface area contributed by atoms with Crippen LogP contribution >= 0.6 is 0 Å². The molecule has 1 aromatic rings. The molecule has 0 amide bonds. The number of nitrogens with one attached hydrogen (secondary N) is 1. The fourth-order valence-corrected chi connectivity index (χ4v) is 0.394. The highest BCUT2D eigenvalue weighted by atomic mass is 15.0. The molecule has 0 atom stereocenters. The maximum Gasteiger partial charge on any atom is 0.161 e. The fraction of sp³-hybridized carbons (Fsp3) is 0. The number of rotatable bonds is 0. The van der Waals surface area contributed by atoms with Crippen molar-refractivity contribution >= 4 is 5.82 Å². The minimum atomic E-state index is 0.257. The Hall–Kier alpha value is -1.50. The van der Waals surface area contributed by atoms with Gasteiger partial charge in [-0.2, -0.15) is 5.26 Å². The van der Waals surface area contributed by atoms with Crippen LogP contribution in [-0.2, 0) is 0 Å². The minimum Gasteiger partial charge on any atom is -0.381 e. The van der Waals surface area contributed by atoms with Crippen molar-refractivity contribution in [3.05, 3.63) is 12.0 Å². The quantitative estimate of drug-likeness (QED) is 0.455. The average molecular weight is 109 g/mol. The number of nitrogens with zero attached hydrogens (tertiary/aromatic N) is 2. The van der Waals surface area contributed by atoms with Gasteiger partial charge in [-0.15, -0.1) is 0 Å². The first-order valence-corrected chi connectivity index (χ1v) is 2.03. The second-order valence-electron chi connectivity index (χ2n) is 1.27. The van der Waals surface area contributed by atoms with E-state index in [0.717, 1.165) is 0 Å². The molecular formula is C4H4N4. The number of hydrogen-bond acceptors (Lipinski definition) is 3. The first-order valence-electron chi connectivity index (χ1n) is 2.03. The van der Waals surface area contributed by atoms with E-state index >= 15 is 0 Å². The van der Waals surface area contributed by atoms with Crippen molar-refractivity contribution < 1.29 is 0 Å². The molecule has 0 aromatic carbocycles. The molecule has 1 heterocycles. The van der Waals surface area contributed by atoms with Gasteiger partial charge in [0.2, 0.25) is 0 Å². The lowest BCUT2D eigenvalue weighted by Gasteiger charge is -1.76. The van der Waals surface area contributed by atoms with E-state index in [0.29, 0.717) is 5.69 Å². The van der Waals surface area contributed by atoms with E-state index in [1.54, 1.807) is 0 Å². The van der Waals surface area contributed by atoms with Crippen molar-refractivity contribution in [2.45, 2.75) is 0 Å². The van der Waals surface area contributed by atoms with Gasteiger partial charge in [-0.1, -0.05) is 0 Å². The molecule has 0 aliphatic rings. The van der Waals surface area contributed by atoms with Gasteiger partial charge in [-0.3, -0.25) is 0 Å². The molecule has 4 nitrogen and oxygen atoms in total. The maximum atomic E-state index is 8.21. The van der Waals surface area contributed by atoms with E-state index in [1.165, 1.54) is 6.33 Å². The third-order valence-corrected chi connectivity index (χ3v) is 0.780. The molecule has 1 aromatic heterocycles. The molecule has 0 saturated carbocycles. The minimum absolute atomic E-state index is 0.257. The topological polar surface area (TPSA) is 78.5 Å². The Kier molecular flexibility index (Phi) is 0.897. The molecule has 0 fully saturated rings. The fourth-order valence-electron chi connectivity index (χ4n) is 0.394. The van der Waals surface area contributed by atoms with Crippen LogP contribution in [0.4, 0.5) is 5.82 Å². The first kappa shape index (κ1) is 4.65. The van der Waals surface area contributed by atoms with Gasteiger partial charge in [0.05, 0.1) is 6.33 Å². The molecular weight excluding hydrogens is 105 g/mol. The van der Waals surface area contributed by atoms with Crippen LogP contribution in [-0.4, -0.2) is 9.97 Å². The standard InChI is InChI=1S/C4H4N4/c5-1-3-4(6)8-2-7-3/h2H,6H2,(H,7,8)/i1+1. The second kappa shape index (κ2) is 1.54. The zero-order valence-corrected chi connectivity index (χ0v) is 4.05. The van der Waals surface area contributed by atoms with E-state index < -0.39 is 0 Å². The Balaban J connectivity index is 3.15. The van der Waals surface area contributed by atoms with Crippen molar-refractivity contribution in [2.75, 3.05) is 5.73 Å². The summed E-state index contributed by atoms with van der Waals surface area (Å²) in [5.41, 5.74) is 5.51. The van der Waals surface area contributed by atoms with E-state index in [1.807, 2.05) is 6.07 Å². The van der Waals surface area contributed by atoms with Gasteiger partial charge < -0.3 is 10.7 Å². The predicted octanol–water partition coefficient (Wildman–Crippen LogP) is -0.136. The number of anilines is 1. The van der Waals surface area contributed by atoms with Crippen LogP contribution in [0.25, 0.3) is 0 Å². The monoisotopic (exact) mass is 109 g/mol. The third kappa shape index (κ3) is 0.500. The summed E-state index contributed by atoms with van der Waals surface area (Å²) in [7, 11) is 0. The summed E-state index contributed by atoms with van der Waals surface area (Å²) in [4.78, 5) is 6.15. The van der Waals surface area contributed by atoms with Crippen molar-refractivity contribution in [2.24, 2.45) is 0 Å². The van der Waals surface area contributed by atoms with Crippen LogP contribution in [0.2, 0.25) is 0 Å². The van der Waals surface area contributed by atoms with Crippen molar-refractivity contribution in [3.63, 3.8) is 0 Å². The molecule has 0 radical (unpaired) electrons. The Morgan fingerprint density at radius 1 is 1.88 bits per heavy atom. The number of hydrogen-bond donors (Lipinski definition) is 2. The Labute approximate surface area is 46.0 Å². The normalized spacial score (nSPS) is 8.38. The largest absolute Gasteiger partial charge is 0.381 e. The molecule has 40 valence electrons. The van der Waals surface area contributed by atoms with Crippen LogP contribution in [0.3, 0.4) is 0 Å². The number of nitriles is 1. The van der Waals surface area contributed by atoms with Crippen LogP contribution < -0.4 is 5.73 Å². The van der Waals surface area contributed by atoms with E-state index in [2.05, 4.69) is 9.97 Å². The van der Waals surface area contributed by atoms with Gasteiger partial charge in [0.1, 0.15) is 6.07 Å². The molecule has 0 aliphatic carbocycles. The number of H-pyrrole nitrogens is 1.